The zero-order valence-electron chi connectivity index (χ0n) is 17.2. The highest BCUT2D eigenvalue weighted by Crippen LogP contribution is 2.29. The third kappa shape index (κ3) is 4.45. The SMILES string of the molecule is Cc1cccc(N(CC(=O)N2CCCc3ccccc32)S(=O)(=O)c2ccc(Cl)cc2)c1. The van der Waals surface area contributed by atoms with E-state index in [0.717, 1.165) is 29.7 Å². The second kappa shape index (κ2) is 8.73. The van der Waals surface area contributed by atoms with Crippen molar-refractivity contribution in [2.75, 3.05) is 22.3 Å². The minimum absolute atomic E-state index is 0.0882. The Bertz CT molecular complexity index is 1210. The van der Waals surface area contributed by atoms with E-state index >= 15 is 0 Å². The van der Waals surface area contributed by atoms with E-state index in [1.54, 1.807) is 23.1 Å². The lowest BCUT2D eigenvalue weighted by Gasteiger charge is -2.32. The summed E-state index contributed by atoms with van der Waals surface area (Å²) in [4.78, 5) is 15.1. The average molecular weight is 455 g/mol. The van der Waals surface area contributed by atoms with E-state index in [1.165, 1.54) is 28.6 Å². The third-order valence-corrected chi connectivity index (χ3v) is 7.42. The number of anilines is 2. The van der Waals surface area contributed by atoms with Crippen LogP contribution in [0.1, 0.15) is 17.5 Å². The Kier molecular flexibility index (Phi) is 6.03. The summed E-state index contributed by atoms with van der Waals surface area (Å²) in [6.45, 7) is 2.17. The van der Waals surface area contributed by atoms with Crippen LogP contribution in [0, 0.1) is 6.92 Å². The molecular formula is C24H23ClN2O3S. The Labute approximate surface area is 187 Å². The summed E-state index contributed by atoms with van der Waals surface area (Å²) in [5.74, 6) is -0.258. The molecule has 1 aliphatic rings. The quantitative estimate of drug-likeness (QED) is 0.555. The standard InChI is InChI=1S/C24H23ClN2O3S/c1-18-6-4-9-21(16-18)27(31(29,30)22-13-11-20(25)12-14-22)17-24(28)26-15-5-8-19-7-2-3-10-23(19)26/h2-4,6-7,9-14,16H,5,8,15,17H2,1H3. The fourth-order valence-corrected chi connectivity index (χ4v) is 5.36. The molecular weight excluding hydrogens is 432 g/mol. The minimum Gasteiger partial charge on any atom is -0.311 e. The molecule has 0 saturated carbocycles. The Morgan fingerprint density at radius 2 is 1.77 bits per heavy atom. The second-order valence-corrected chi connectivity index (χ2v) is 9.88. The molecule has 5 nitrogen and oxygen atoms in total. The lowest BCUT2D eigenvalue weighted by Crippen LogP contribution is -2.45. The van der Waals surface area contributed by atoms with Gasteiger partial charge in [0.25, 0.3) is 10.0 Å². The number of halogens is 1. The summed E-state index contributed by atoms with van der Waals surface area (Å²) in [6, 6.07) is 20.9. The number of hydrogen-bond acceptors (Lipinski definition) is 3. The van der Waals surface area contributed by atoms with E-state index in [0.29, 0.717) is 17.3 Å². The number of aryl methyl sites for hydroxylation is 2. The van der Waals surface area contributed by atoms with Gasteiger partial charge >= 0.3 is 0 Å². The molecule has 3 aromatic carbocycles. The van der Waals surface area contributed by atoms with Gasteiger partial charge in [-0.2, -0.15) is 0 Å². The Balaban J connectivity index is 1.72. The lowest BCUT2D eigenvalue weighted by atomic mass is 10.0. The van der Waals surface area contributed by atoms with Crippen LogP contribution in [0.25, 0.3) is 0 Å². The molecule has 0 aromatic heterocycles. The number of rotatable bonds is 5. The number of para-hydroxylation sites is 1. The highest BCUT2D eigenvalue weighted by Gasteiger charge is 2.31. The monoisotopic (exact) mass is 454 g/mol. The Morgan fingerprint density at radius 3 is 2.52 bits per heavy atom. The van der Waals surface area contributed by atoms with Crippen LogP contribution in [0.4, 0.5) is 11.4 Å². The molecule has 0 unspecified atom stereocenters. The van der Waals surface area contributed by atoms with Crippen LogP contribution in [-0.2, 0) is 21.2 Å². The van der Waals surface area contributed by atoms with Gasteiger partial charge in [0.15, 0.2) is 0 Å². The van der Waals surface area contributed by atoms with Crippen LogP contribution in [0.2, 0.25) is 5.02 Å². The average Bonchev–Trinajstić information content (AvgIpc) is 2.77. The zero-order valence-corrected chi connectivity index (χ0v) is 18.7. The van der Waals surface area contributed by atoms with E-state index < -0.39 is 10.0 Å². The summed E-state index contributed by atoms with van der Waals surface area (Å²) >= 11 is 5.94. The lowest BCUT2D eigenvalue weighted by molar-refractivity contribution is -0.117. The molecule has 3 aromatic rings. The first-order chi connectivity index (χ1) is 14.9. The van der Waals surface area contributed by atoms with Crippen molar-refractivity contribution in [3.8, 4) is 0 Å². The first kappa shape index (κ1) is 21.4. The maximum atomic E-state index is 13.5. The first-order valence-corrected chi connectivity index (χ1v) is 11.9. The van der Waals surface area contributed by atoms with Crippen LogP contribution in [0.15, 0.2) is 77.7 Å². The predicted octanol–water partition coefficient (Wildman–Crippen LogP) is 4.82. The van der Waals surface area contributed by atoms with Gasteiger partial charge in [0.1, 0.15) is 6.54 Å². The number of fused-ring (bicyclic) bond motifs is 1. The van der Waals surface area contributed by atoms with E-state index in [-0.39, 0.29) is 17.3 Å². The van der Waals surface area contributed by atoms with Gasteiger partial charge < -0.3 is 4.90 Å². The summed E-state index contributed by atoms with van der Waals surface area (Å²) in [6.07, 6.45) is 1.75. The molecule has 160 valence electrons. The van der Waals surface area contributed by atoms with Crippen molar-refractivity contribution in [2.24, 2.45) is 0 Å². The maximum Gasteiger partial charge on any atom is 0.264 e. The number of benzene rings is 3. The summed E-state index contributed by atoms with van der Waals surface area (Å²) < 4.78 is 28.2. The maximum absolute atomic E-state index is 13.5. The molecule has 0 N–H and O–H groups in total. The predicted molar refractivity (Wildman–Crippen MR) is 124 cm³/mol. The zero-order chi connectivity index (χ0) is 22.0. The Morgan fingerprint density at radius 1 is 1.03 bits per heavy atom. The van der Waals surface area contributed by atoms with Crippen molar-refractivity contribution in [3.05, 3.63) is 88.9 Å². The summed E-state index contributed by atoms with van der Waals surface area (Å²) in [5, 5.41) is 0.446. The number of carbonyl (C=O) groups is 1. The normalized spacial score (nSPS) is 13.5. The van der Waals surface area contributed by atoms with Crippen molar-refractivity contribution in [2.45, 2.75) is 24.7 Å². The van der Waals surface area contributed by atoms with E-state index in [4.69, 9.17) is 11.6 Å². The molecule has 0 atom stereocenters. The van der Waals surface area contributed by atoms with Crippen molar-refractivity contribution in [1.82, 2.24) is 0 Å². The molecule has 7 heteroatoms. The van der Waals surface area contributed by atoms with Gasteiger partial charge in [-0.25, -0.2) is 8.42 Å². The fourth-order valence-electron chi connectivity index (χ4n) is 3.83. The van der Waals surface area contributed by atoms with Crippen LogP contribution in [0.5, 0.6) is 0 Å². The van der Waals surface area contributed by atoms with E-state index in [2.05, 4.69) is 0 Å². The third-order valence-electron chi connectivity index (χ3n) is 5.38. The van der Waals surface area contributed by atoms with Gasteiger partial charge in [-0.05, 0) is 73.4 Å². The van der Waals surface area contributed by atoms with Crippen LogP contribution in [-0.4, -0.2) is 27.4 Å². The second-order valence-electron chi connectivity index (χ2n) is 7.58. The van der Waals surface area contributed by atoms with Gasteiger partial charge in [0, 0.05) is 17.3 Å². The molecule has 0 bridgehead atoms. The van der Waals surface area contributed by atoms with Crippen molar-refractivity contribution in [3.63, 3.8) is 0 Å². The molecule has 0 radical (unpaired) electrons. The molecule has 1 heterocycles. The summed E-state index contributed by atoms with van der Waals surface area (Å²) in [5.41, 5.74) is 3.31. The van der Waals surface area contributed by atoms with E-state index in [1.807, 2.05) is 37.3 Å². The molecule has 0 saturated heterocycles. The number of amides is 1. The molecule has 0 fully saturated rings. The van der Waals surface area contributed by atoms with Crippen LogP contribution < -0.4 is 9.21 Å². The smallest absolute Gasteiger partial charge is 0.264 e. The number of nitrogens with zero attached hydrogens (tertiary/aromatic N) is 2. The number of carbonyl (C=O) groups excluding carboxylic acids is 1. The van der Waals surface area contributed by atoms with Gasteiger partial charge in [-0.15, -0.1) is 0 Å². The molecule has 0 aliphatic carbocycles. The minimum atomic E-state index is -3.97. The van der Waals surface area contributed by atoms with Gasteiger partial charge in [-0.1, -0.05) is 41.9 Å². The molecule has 1 amide bonds. The van der Waals surface area contributed by atoms with Crippen molar-refractivity contribution < 1.29 is 13.2 Å². The highest BCUT2D eigenvalue weighted by molar-refractivity contribution is 7.92. The van der Waals surface area contributed by atoms with Gasteiger partial charge in [0.2, 0.25) is 5.91 Å². The van der Waals surface area contributed by atoms with Crippen molar-refractivity contribution >= 4 is 38.9 Å². The van der Waals surface area contributed by atoms with Crippen LogP contribution in [0.3, 0.4) is 0 Å². The molecule has 31 heavy (non-hydrogen) atoms. The molecule has 1 aliphatic heterocycles. The number of hydrogen-bond donors (Lipinski definition) is 0. The first-order valence-electron chi connectivity index (χ1n) is 10.1. The number of sulfonamides is 1. The van der Waals surface area contributed by atoms with Gasteiger partial charge in [-0.3, -0.25) is 9.10 Å². The summed E-state index contributed by atoms with van der Waals surface area (Å²) in [7, 11) is -3.97. The van der Waals surface area contributed by atoms with Gasteiger partial charge in [0.05, 0.1) is 10.6 Å². The van der Waals surface area contributed by atoms with Crippen LogP contribution >= 0.6 is 11.6 Å². The molecule has 0 spiro atoms. The Hall–Kier alpha value is -2.83. The topological polar surface area (TPSA) is 57.7 Å². The largest absolute Gasteiger partial charge is 0.311 e. The highest BCUT2D eigenvalue weighted by atomic mass is 35.5. The van der Waals surface area contributed by atoms with Crippen molar-refractivity contribution in [1.29, 1.82) is 0 Å². The fraction of sp³-hybridized carbons (Fsp3) is 0.208. The van der Waals surface area contributed by atoms with E-state index in [9.17, 15) is 13.2 Å². The molecule has 4 rings (SSSR count).